The van der Waals surface area contributed by atoms with Crippen molar-refractivity contribution in [3.8, 4) is 0 Å². The second-order valence-electron chi connectivity index (χ2n) is 4.29. The summed E-state index contributed by atoms with van der Waals surface area (Å²) in [5.74, 6) is 0. The van der Waals surface area contributed by atoms with E-state index in [1.165, 1.54) is 24.3 Å². The van der Waals surface area contributed by atoms with Gasteiger partial charge < -0.3 is 0 Å². The first kappa shape index (κ1) is 15.5. The van der Waals surface area contributed by atoms with Gasteiger partial charge in [0.25, 0.3) is 15.7 Å². The zero-order valence-electron chi connectivity index (χ0n) is 10.9. The van der Waals surface area contributed by atoms with Gasteiger partial charge in [0.2, 0.25) is 0 Å². The SMILES string of the molecule is Cc1cc([N+](=O)[O-])ccc1NS(=O)(=O)c1ccccc1Br. The number of nitrogens with zero attached hydrogens (tertiary/aromatic N) is 1. The van der Waals surface area contributed by atoms with E-state index in [-0.39, 0.29) is 10.6 Å². The zero-order valence-corrected chi connectivity index (χ0v) is 13.3. The highest BCUT2D eigenvalue weighted by Crippen LogP contribution is 2.26. The van der Waals surface area contributed by atoms with Crippen LogP contribution < -0.4 is 4.72 Å². The monoisotopic (exact) mass is 370 g/mol. The average molecular weight is 371 g/mol. The van der Waals surface area contributed by atoms with Crippen molar-refractivity contribution < 1.29 is 13.3 Å². The van der Waals surface area contributed by atoms with Crippen molar-refractivity contribution in [2.24, 2.45) is 0 Å². The number of anilines is 1. The minimum atomic E-state index is -3.77. The molecular weight excluding hydrogens is 360 g/mol. The predicted molar refractivity (Wildman–Crippen MR) is 82.8 cm³/mol. The molecule has 0 saturated heterocycles. The van der Waals surface area contributed by atoms with Crippen molar-refractivity contribution in [3.63, 3.8) is 0 Å². The molecule has 0 aliphatic carbocycles. The van der Waals surface area contributed by atoms with E-state index in [2.05, 4.69) is 20.7 Å². The number of nitro groups is 1. The van der Waals surface area contributed by atoms with Gasteiger partial charge in [0, 0.05) is 16.6 Å². The lowest BCUT2D eigenvalue weighted by Crippen LogP contribution is -2.14. The molecule has 21 heavy (non-hydrogen) atoms. The summed E-state index contributed by atoms with van der Waals surface area (Å²) in [5, 5.41) is 10.7. The molecule has 0 unspecified atom stereocenters. The summed E-state index contributed by atoms with van der Waals surface area (Å²) < 4.78 is 27.5. The third-order valence-corrected chi connectivity index (χ3v) is 5.17. The molecule has 0 spiro atoms. The fourth-order valence-corrected chi connectivity index (χ4v) is 3.87. The van der Waals surface area contributed by atoms with E-state index in [1.807, 2.05) is 0 Å². The molecule has 0 amide bonds. The van der Waals surface area contributed by atoms with Gasteiger partial charge in [-0.05, 0) is 46.6 Å². The highest BCUT2D eigenvalue weighted by Gasteiger charge is 2.19. The van der Waals surface area contributed by atoms with Gasteiger partial charge in [0.05, 0.1) is 10.6 Å². The Labute approximate surface area is 130 Å². The van der Waals surface area contributed by atoms with Gasteiger partial charge in [0.1, 0.15) is 4.90 Å². The number of rotatable bonds is 4. The van der Waals surface area contributed by atoms with Crippen LogP contribution in [0, 0.1) is 17.0 Å². The summed E-state index contributed by atoms with van der Waals surface area (Å²) in [5.41, 5.74) is 0.688. The maximum atomic E-state index is 12.3. The van der Waals surface area contributed by atoms with Gasteiger partial charge >= 0.3 is 0 Å². The van der Waals surface area contributed by atoms with Gasteiger partial charge in [0.15, 0.2) is 0 Å². The van der Waals surface area contributed by atoms with Crippen LogP contribution in [0.2, 0.25) is 0 Å². The first-order valence-corrected chi connectivity index (χ1v) is 8.11. The second-order valence-corrected chi connectivity index (χ2v) is 6.80. The number of hydrogen-bond acceptors (Lipinski definition) is 4. The number of nitrogens with one attached hydrogen (secondary N) is 1. The van der Waals surface area contributed by atoms with Crippen molar-refractivity contribution in [1.82, 2.24) is 0 Å². The maximum absolute atomic E-state index is 12.3. The summed E-state index contributed by atoms with van der Waals surface area (Å²) in [6, 6.07) is 10.4. The van der Waals surface area contributed by atoms with Crippen LogP contribution in [-0.2, 0) is 10.0 Å². The lowest BCUT2D eigenvalue weighted by Gasteiger charge is -2.11. The van der Waals surface area contributed by atoms with Crippen LogP contribution in [0.1, 0.15) is 5.56 Å². The highest BCUT2D eigenvalue weighted by atomic mass is 79.9. The molecule has 2 rings (SSSR count). The van der Waals surface area contributed by atoms with Gasteiger partial charge in [-0.25, -0.2) is 8.42 Å². The summed E-state index contributed by atoms with van der Waals surface area (Å²) in [6.07, 6.45) is 0. The van der Waals surface area contributed by atoms with E-state index >= 15 is 0 Å². The molecule has 0 radical (unpaired) electrons. The van der Waals surface area contributed by atoms with E-state index in [1.54, 1.807) is 25.1 Å². The summed E-state index contributed by atoms with van der Waals surface area (Å²) in [6.45, 7) is 1.60. The molecule has 6 nitrogen and oxygen atoms in total. The Morgan fingerprint density at radius 1 is 1.19 bits per heavy atom. The zero-order chi connectivity index (χ0) is 15.6. The molecule has 0 aromatic heterocycles. The number of halogens is 1. The van der Waals surface area contributed by atoms with Crippen LogP contribution in [0.4, 0.5) is 11.4 Å². The molecule has 0 fully saturated rings. The Balaban J connectivity index is 2.38. The summed E-state index contributed by atoms with van der Waals surface area (Å²) in [7, 11) is -3.77. The number of nitro benzene ring substituents is 1. The maximum Gasteiger partial charge on any atom is 0.269 e. The topological polar surface area (TPSA) is 89.3 Å². The van der Waals surface area contributed by atoms with Crippen LogP contribution in [0.3, 0.4) is 0 Å². The molecule has 8 heteroatoms. The Morgan fingerprint density at radius 3 is 2.43 bits per heavy atom. The number of non-ortho nitro benzene ring substituents is 1. The van der Waals surface area contributed by atoms with Crippen molar-refractivity contribution in [2.45, 2.75) is 11.8 Å². The minimum absolute atomic E-state index is 0.0867. The average Bonchev–Trinajstić information content (AvgIpc) is 2.41. The predicted octanol–water partition coefficient (Wildman–Crippen LogP) is 3.47. The lowest BCUT2D eigenvalue weighted by atomic mass is 10.2. The first-order valence-electron chi connectivity index (χ1n) is 5.83. The molecular formula is C13H11BrN2O4S. The standard InChI is InChI=1S/C13H11BrN2O4S/c1-9-8-10(16(17)18)6-7-12(9)15-21(19,20)13-5-3-2-4-11(13)14/h2-8,15H,1H3. The third-order valence-electron chi connectivity index (χ3n) is 2.79. The van der Waals surface area contributed by atoms with Gasteiger partial charge in [-0.15, -0.1) is 0 Å². The largest absolute Gasteiger partial charge is 0.279 e. The summed E-state index contributed by atoms with van der Waals surface area (Å²) in [4.78, 5) is 10.2. The van der Waals surface area contributed by atoms with Crippen molar-refractivity contribution in [1.29, 1.82) is 0 Å². The Bertz CT molecular complexity index is 806. The number of aryl methyl sites for hydroxylation is 1. The van der Waals surface area contributed by atoms with E-state index in [0.29, 0.717) is 15.7 Å². The van der Waals surface area contributed by atoms with Crippen molar-refractivity contribution in [2.75, 3.05) is 4.72 Å². The Morgan fingerprint density at radius 2 is 1.86 bits per heavy atom. The molecule has 0 atom stereocenters. The summed E-state index contributed by atoms with van der Waals surface area (Å²) >= 11 is 3.19. The Kier molecular flexibility index (Phi) is 4.29. The van der Waals surface area contributed by atoms with Gasteiger partial charge in [-0.3, -0.25) is 14.8 Å². The molecule has 0 aliphatic heterocycles. The fraction of sp³-hybridized carbons (Fsp3) is 0.0769. The second kappa shape index (κ2) is 5.82. The smallest absolute Gasteiger partial charge is 0.269 e. The number of benzene rings is 2. The third kappa shape index (κ3) is 3.40. The fourth-order valence-electron chi connectivity index (χ4n) is 1.74. The highest BCUT2D eigenvalue weighted by molar-refractivity contribution is 9.10. The van der Waals surface area contributed by atoms with Crippen LogP contribution >= 0.6 is 15.9 Å². The van der Waals surface area contributed by atoms with Crippen molar-refractivity contribution in [3.05, 3.63) is 62.6 Å². The van der Waals surface area contributed by atoms with Gasteiger partial charge in [-0.1, -0.05) is 12.1 Å². The molecule has 2 aromatic rings. The minimum Gasteiger partial charge on any atom is -0.279 e. The molecule has 0 bridgehead atoms. The normalized spacial score (nSPS) is 11.1. The Hall–Kier alpha value is -1.93. The van der Waals surface area contributed by atoms with Crippen LogP contribution in [-0.4, -0.2) is 13.3 Å². The van der Waals surface area contributed by atoms with E-state index in [4.69, 9.17) is 0 Å². The molecule has 1 N–H and O–H groups in total. The van der Waals surface area contributed by atoms with Crippen LogP contribution in [0.15, 0.2) is 51.8 Å². The van der Waals surface area contributed by atoms with E-state index < -0.39 is 14.9 Å². The van der Waals surface area contributed by atoms with E-state index in [0.717, 1.165) is 0 Å². The lowest BCUT2D eigenvalue weighted by molar-refractivity contribution is -0.384. The molecule has 110 valence electrons. The molecule has 0 saturated carbocycles. The van der Waals surface area contributed by atoms with Crippen molar-refractivity contribution >= 4 is 37.3 Å². The van der Waals surface area contributed by atoms with Crippen LogP contribution in [0.5, 0.6) is 0 Å². The van der Waals surface area contributed by atoms with E-state index in [9.17, 15) is 18.5 Å². The first-order chi connectivity index (χ1) is 9.81. The molecule has 2 aromatic carbocycles. The molecule has 0 heterocycles. The van der Waals surface area contributed by atoms with Gasteiger partial charge in [-0.2, -0.15) is 0 Å². The van der Waals surface area contributed by atoms with Crippen LogP contribution in [0.25, 0.3) is 0 Å². The number of sulfonamides is 1. The number of hydrogen-bond donors (Lipinski definition) is 1. The quantitative estimate of drug-likeness (QED) is 0.658. The molecule has 0 aliphatic rings.